The van der Waals surface area contributed by atoms with E-state index in [1.807, 2.05) is 19.1 Å². The lowest BCUT2D eigenvalue weighted by Gasteiger charge is -2.15. The smallest absolute Gasteiger partial charge is 0.335 e. The molecule has 0 aliphatic carbocycles. The molecule has 0 aliphatic heterocycles. The van der Waals surface area contributed by atoms with Gasteiger partial charge in [-0.15, -0.1) is 0 Å². The molecule has 5 heteroatoms. The minimum absolute atomic E-state index is 0.0916. The first-order valence-corrected chi connectivity index (χ1v) is 7.90. The van der Waals surface area contributed by atoms with E-state index in [-0.39, 0.29) is 17.6 Å². The first-order valence-electron chi connectivity index (χ1n) is 7.90. The minimum atomic E-state index is -0.910. The van der Waals surface area contributed by atoms with E-state index in [1.54, 1.807) is 24.3 Å². The van der Waals surface area contributed by atoms with E-state index < -0.39 is 5.97 Å². The monoisotopic (exact) mass is 331 g/mol. The van der Waals surface area contributed by atoms with Crippen molar-refractivity contribution in [3.05, 3.63) is 65.0 Å². The highest BCUT2D eigenvalue weighted by atomic mass is 19.1. The number of ether oxygens (including phenoxy) is 1. The van der Waals surface area contributed by atoms with Crippen molar-refractivity contribution >= 4 is 5.97 Å². The van der Waals surface area contributed by atoms with Crippen molar-refractivity contribution in [2.75, 3.05) is 13.7 Å². The van der Waals surface area contributed by atoms with Crippen molar-refractivity contribution in [2.24, 2.45) is 0 Å². The van der Waals surface area contributed by atoms with Gasteiger partial charge < -0.3 is 15.2 Å². The van der Waals surface area contributed by atoms with Crippen LogP contribution in [0.4, 0.5) is 4.39 Å². The Kier molecular flexibility index (Phi) is 6.32. The van der Waals surface area contributed by atoms with Gasteiger partial charge in [-0.2, -0.15) is 0 Å². The van der Waals surface area contributed by atoms with Crippen LogP contribution in [0.5, 0.6) is 5.75 Å². The second kappa shape index (κ2) is 8.45. The molecule has 0 fully saturated rings. The summed E-state index contributed by atoms with van der Waals surface area (Å²) in [6.07, 6.45) is 1.79. The standard InChI is InChI=1S/C19H22FNO3/c1-13(16-9-10-17(20)18(12-16)24-2)21-11-3-4-14-5-7-15(8-6-14)19(22)23/h5-10,12-13,21H,3-4,11H2,1-2H3,(H,22,23)/t13-/m1/s1. The minimum Gasteiger partial charge on any atom is -0.494 e. The van der Waals surface area contributed by atoms with Gasteiger partial charge in [0.15, 0.2) is 11.6 Å². The summed E-state index contributed by atoms with van der Waals surface area (Å²) >= 11 is 0. The molecule has 0 bridgehead atoms. The molecule has 2 rings (SSSR count). The van der Waals surface area contributed by atoms with Crippen LogP contribution >= 0.6 is 0 Å². The summed E-state index contributed by atoms with van der Waals surface area (Å²) in [5.41, 5.74) is 2.38. The summed E-state index contributed by atoms with van der Waals surface area (Å²) in [5.74, 6) is -1.02. The maximum absolute atomic E-state index is 13.4. The topological polar surface area (TPSA) is 58.6 Å². The average molecular weight is 331 g/mol. The fourth-order valence-corrected chi connectivity index (χ4v) is 2.49. The number of carboxylic acid groups (broad SMARTS) is 1. The molecular weight excluding hydrogens is 309 g/mol. The maximum Gasteiger partial charge on any atom is 0.335 e. The highest BCUT2D eigenvalue weighted by Gasteiger charge is 2.09. The van der Waals surface area contributed by atoms with Crippen molar-refractivity contribution in [2.45, 2.75) is 25.8 Å². The van der Waals surface area contributed by atoms with Crippen LogP contribution in [-0.2, 0) is 6.42 Å². The number of nitrogens with one attached hydrogen (secondary N) is 1. The number of halogens is 1. The fraction of sp³-hybridized carbons (Fsp3) is 0.316. The fourth-order valence-electron chi connectivity index (χ4n) is 2.49. The molecule has 0 saturated heterocycles. The zero-order chi connectivity index (χ0) is 17.5. The number of methoxy groups -OCH3 is 1. The molecule has 24 heavy (non-hydrogen) atoms. The lowest BCUT2D eigenvalue weighted by atomic mass is 10.1. The van der Waals surface area contributed by atoms with Gasteiger partial charge in [0.05, 0.1) is 12.7 Å². The second-order valence-electron chi connectivity index (χ2n) is 5.68. The zero-order valence-corrected chi connectivity index (χ0v) is 13.9. The first-order chi connectivity index (χ1) is 11.5. The summed E-state index contributed by atoms with van der Waals surface area (Å²) in [5, 5.41) is 12.3. The Morgan fingerprint density at radius 1 is 1.25 bits per heavy atom. The summed E-state index contributed by atoms with van der Waals surface area (Å²) in [4.78, 5) is 10.8. The summed E-state index contributed by atoms with van der Waals surface area (Å²) in [7, 11) is 1.45. The second-order valence-corrected chi connectivity index (χ2v) is 5.68. The van der Waals surface area contributed by atoms with E-state index in [4.69, 9.17) is 9.84 Å². The molecule has 4 nitrogen and oxygen atoms in total. The largest absolute Gasteiger partial charge is 0.494 e. The molecule has 0 unspecified atom stereocenters. The normalized spacial score (nSPS) is 12.0. The third kappa shape index (κ3) is 4.80. The van der Waals surface area contributed by atoms with E-state index in [2.05, 4.69) is 5.32 Å². The lowest BCUT2D eigenvalue weighted by molar-refractivity contribution is 0.0697. The Morgan fingerprint density at radius 3 is 2.58 bits per heavy atom. The van der Waals surface area contributed by atoms with Gasteiger partial charge in [0.1, 0.15) is 0 Å². The van der Waals surface area contributed by atoms with Crippen LogP contribution in [0, 0.1) is 5.82 Å². The van der Waals surface area contributed by atoms with Crippen LogP contribution < -0.4 is 10.1 Å². The maximum atomic E-state index is 13.4. The Morgan fingerprint density at radius 2 is 1.96 bits per heavy atom. The zero-order valence-electron chi connectivity index (χ0n) is 13.9. The van der Waals surface area contributed by atoms with Crippen LogP contribution in [0.15, 0.2) is 42.5 Å². The Balaban J connectivity index is 1.80. The van der Waals surface area contributed by atoms with E-state index in [0.717, 1.165) is 30.5 Å². The molecule has 128 valence electrons. The van der Waals surface area contributed by atoms with Crippen molar-refractivity contribution < 1.29 is 19.0 Å². The van der Waals surface area contributed by atoms with Crippen LogP contribution in [0.1, 0.15) is 40.9 Å². The predicted octanol–water partition coefficient (Wildman–Crippen LogP) is 3.82. The van der Waals surface area contributed by atoms with E-state index in [1.165, 1.54) is 13.2 Å². The molecule has 2 N–H and O–H groups in total. The molecule has 0 saturated carbocycles. The van der Waals surface area contributed by atoms with Gasteiger partial charge in [-0.3, -0.25) is 0 Å². The molecule has 1 atom stereocenters. The quantitative estimate of drug-likeness (QED) is 0.722. The van der Waals surface area contributed by atoms with E-state index in [0.29, 0.717) is 5.56 Å². The number of carbonyl (C=O) groups is 1. The highest BCUT2D eigenvalue weighted by Crippen LogP contribution is 2.22. The summed E-state index contributed by atoms with van der Waals surface area (Å²) < 4.78 is 18.4. The molecular formula is C19H22FNO3. The van der Waals surface area contributed by atoms with Crippen molar-refractivity contribution in [1.82, 2.24) is 5.32 Å². The van der Waals surface area contributed by atoms with E-state index >= 15 is 0 Å². The summed E-state index contributed by atoms with van der Waals surface area (Å²) in [6.45, 7) is 2.83. The van der Waals surface area contributed by atoms with Gasteiger partial charge in [0.2, 0.25) is 0 Å². The van der Waals surface area contributed by atoms with Crippen LogP contribution in [0.25, 0.3) is 0 Å². The molecule has 0 radical (unpaired) electrons. The summed E-state index contributed by atoms with van der Waals surface area (Å²) in [6, 6.07) is 11.9. The van der Waals surface area contributed by atoms with Crippen molar-refractivity contribution in [1.29, 1.82) is 0 Å². The van der Waals surface area contributed by atoms with Gasteiger partial charge in [-0.05, 0) is 61.7 Å². The SMILES string of the molecule is COc1cc([C@@H](C)NCCCc2ccc(C(=O)O)cc2)ccc1F. The molecule has 0 spiro atoms. The molecule has 0 aromatic heterocycles. The lowest BCUT2D eigenvalue weighted by Crippen LogP contribution is -2.20. The number of carboxylic acids is 1. The molecule has 0 amide bonds. The van der Waals surface area contributed by atoms with Gasteiger partial charge in [0, 0.05) is 6.04 Å². The Hall–Kier alpha value is -2.40. The molecule has 2 aromatic rings. The van der Waals surface area contributed by atoms with Crippen molar-refractivity contribution in [3.63, 3.8) is 0 Å². The van der Waals surface area contributed by atoms with Gasteiger partial charge >= 0.3 is 5.97 Å². The Bertz CT molecular complexity index is 686. The van der Waals surface area contributed by atoms with Crippen LogP contribution in [0.3, 0.4) is 0 Å². The Labute approximate surface area is 141 Å². The number of rotatable bonds is 8. The predicted molar refractivity (Wildman–Crippen MR) is 91.1 cm³/mol. The third-order valence-electron chi connectivity index (χ3n) is 3.97. The molecule has 0 aliphatic rings. The van der Waals surface area contributed by atoms with Crippen LogP contribution in [-0.4, -0.2) is 24.7 Å². The number of hydrogen-bond acceptors (Lipinski definition) is 3. The number of aryl methyl sites for hydroxylation is 1. The van der Waals surface area contributed by atoms with Gasteiger partial charge in [0.25, 0.3) is 0 Å². The number of aromatic carboxylic acids is 1. The highest BCUT2D eigenvalue weighted by molar-refractivity contribution is 5.87. The third-order valence-corrected chi connectivity index (χ3v) is 3.97. The molecule has 0 heterocycles. The van der Waals surface area contributed by atoms with Gasteiger partial charge in [-0.1, -0.05) is 18.2 Å². The van der Waals surface area contributed by atoms with Crippen molar-refractivity contribution in [3.8, 4) is 5.75 Å². The molecule has 2 aromatic carbocycles. The van der Waals surface area contributed by atoms with Crippen LogP contribution in [0.2, 0.25) is 0 Å². The average Bonchev–Trinajstić information content (AvgIpc) is 2.59. The number of benzene rings is 2. The van der Waals surface area contributed by atoms with Gasteiger partial charge in [-0.25, -0.2) is 9.18 Å². The van der Waals surface area contributed by atoms with E-state index in [9.17, 15) is 9.18 Å². The number of hydrogen-bond donors (Lipinski definition) is 2. The first kappa shape index (κ1) is 17.9.